The van der Waals surface area contributed by atoms with Crippen LogP contribution >= 0.6 is 24.0 Å². The first-order chi connectivity index (χ1) is 8.49. The van der Waals surface area contributed by atoms with Gasteiger partial charge in [-0.15, -0.1) is 0 Å². The first-order valence-electron chi connectivity index (χ1n) is 5.56. The molecular weight excluding hydrogens is 274 g/mol. The van der Waals surface area contributed by atoms with E-state index in [4.69, 9.17) is 5.73 Å². The van der Waals surface area contributed by atoms with Crippen LogP contribution in [0.15, 0.2) is 12.1 Å². The standard InChI is InChI=1S/C12H14F2N2S2/c1-18-12(4-5-12)6-16-8-3-2-7(11(15)17)9(13)10(8)14/h2-3,16H,4-6H2,1H3,(H2,15,17). The molecule has 2 nitrogen and oxygen atoms in total. The summed E-state index contributed by atoms with van der Waals surface area (Å²) in [4.78, 5) is -0.138. The molecule has 0 bridgehead atoms. The highest BCUT2D eigenvalue weighted by Gasteiger charge is 2.41. The molecule has 98 valence electrons. The number of thiocarbonyl (C=S) groups is 1. The van der Waals surface area contributed by atoms with Gasteiger partial charge in [0.05, 0.1) is 5.69 Å². The monoisotopic (exact) mass is 288 g/mol. The molecule has 18 heavy (non-hydrogen) atoms. The Morgan fingerprint density at radius 1 is 1.44 bits per heavy atom. The Balaban J connectivity index is 2.14. The van der Waals surface area contributed by atoms with Gasteiger partial charge in [0.25, 0.3) is 0 Å². The Bertz CT molecular complexity index is 487. The predicted octanol–water partition coefficient (Wildman–Crippen LogP) is 2.91. The molecule has 3 N–H and O–H groups in total. The molecule has 1 saturated carbocycles. The zero-order valence-corrected chi connectivity index (χ0v) is 11.6. The van der Waals surface area contributed by atoms with Crippen LogP contribution in [-0.4, -0.2) is 22.5 Å². The van der Waals surface area contributed by atoms with Crippen molar-refractivity contribution in [2.24, 2.45) is 5.73 Å². The largest absolute Gasteiger partial charge is 0.389 e. The minimum atomic E-state index is -0.985. The van der Waals surface area contributed by atoms with Gasteiger partial charge >= 0.3 is 0 Å². The van der Waals surface area contributed by atoms with Gasteiger partial charge in [-0.05, 0) is 31.2 Å². The number of halogens is 2. The summed E-state index contributed by atoms with van der Waals surface area (Å²) < 4.78 is 27.6. The van der Waals surface area contributed by atoms with Crippen molar-refractivity contribution in [2.45, 2.75) is 17.6 Å². The quantitative estimate of drug-likeness (QED) is 0.817. The van der Waals surface area contributed by atoms with E-state index in [9.17, 15) is 8.78 Å². The van der Waals surface area contributed by atoms with Crippen LogP contribution < -0.4 is 11.1 Å². The molecule has 0 aliphatic heterocycles. The lowest BCUT2D eigenvalue weighted by molar-refractivity contribution is 0.509. The normalized spacial score (nSPS) is 16.4. The molecule has 0 radical (unpaired) electrons. The Morgan fingerprint density at radius 3 is 2.61 bits per heavy atom. The summed E-state index contributed by atoms with van der Waals surface area (Å²) in [6, 6.07) is 2.88. The van der Waals surface area contributed by atoms with Crippen molar-refractivity contribution < 1.29 is 8.78 Å². The molecule has 0 saturated heterocycles. The summed E-state index contributed by atoms with van der Waals surface area (Å²) in [5.41, 5.74) is 5.41. The number of hydrogen-bond donors (Lipinski definition) is 2. The van der Waals surface area contributed by atoms with Crippen LogP contribution in [0.2, 0.25) is 0 Å². The average molecular weight is 288 g/mol. The van der Waals surface area contributed by atoms with E-state index in [-0.39, 0.29) is 21.0 Å². The van der Waals surface area contributed by atoms with Crippen LogP contribution in [0, 0.1) is 11.6 Å². The minimum Gasteiger partial charge on any atom is -0.389 e. The summed E-state index contributed by atoms with van der Waals surface area (Å²) in [6.45, 7) is 0.636. The van der Waals surface area contributed by atoms with Crippen molar-refractivity contribution in [1.29, 1.82) is 0 Å². The number of thioether (sulfide) groups is 1. The van der Waals surface area contributed by atoms with E-state index in [1.165, 1.54) is 12.1 Å². The highest BCUT2D eigenvalue weighted by Crippen LogP contribution is 2.47. The maximum atomic E-state index is 13.8. The topological polar surface area (TPSA) is 38.0 Å². The SMILES string of the molecule is CSC1(CNc2ccc(C(N)=S)c(F)c2F)CC1. The Hall–Kier alpha value is -0.880. The van der Waals surface area contributed by atoms with Crippen LogP contribution in [0.1, 0.15) is 18.4 Å². The van der Waals surface area contributed by atoms with E-state index >= 15 is 0 Å². The second-order valence-electron chi connectivity index (χ2n) is 4.39. The van der Waals surface area contributed by atoms with Gasteiger partial charge in [0.1, 0.15) is 4.99 Å². The van der Waals surface area contributed by atoms with Crippen LogP contribution in [0.5, 0.6) is 0 Å². The van der Waals surface area contributed by atoms with Crippen molar-refractivity contribution in [2.75, 3.05) is 18.1 Å². The average Bonchev–Trinajstić information content (AvgIpc) is 3.11. The number of benzene rings is 1. The molecule has 0 amide bonds. The molecule has 1 aliphatic carbocycles. The molecule has 1 aromatic rings. The molecule has 1 fully saturated rings. The number of nitrogens with two attached hydrogens (primary N) is 1. The van der Waals surface area contributed by atoms with Crippen LogP contribution in [-0.2, 0) is 0 Å². The second kappa shape index (κ2) is 5.01. The van der Waals surface area contributed by atoms with Crippen molar-refractivity contribution in [3.63, 3.8) is 0 Å². The minimum absolute atomic E-state index is 0.0564. The fourth-order valence-electron chi connectivity index (χ4n) is 1.73. The third-order valence-corrected chi connectivity index (χ3v) is 4.83. The van der Waals surface area contributed by atoms with E-state index in [0.29, 0.717) is 6.54 Å². The number of rotatable bonds is 5. The van der Waals surface area contributed by atoms with Crippen molar-refractivity contribution in [1.82, 2.24) is 0 Å². The highest BCUT2D eigenvalue weighted by atomic mass is 32.2. The lowest BCUT2D eigenvalue weighted by Gasteiger charge is -2.15. The lowest BCUT2D eigenvalue weighted by Crippen LogP contribution is -2.19. The Morgan fingerprint density at radius 2 is 2.11 bits per heavy atom. The van der Waals surface area contributed by atoms with E-state index in [1.807, 2.05) is 6.26 Å². The third-order valence-electron chi connectivity index (χ3n) is 3.19. The molecule has 2 rings (SSSR count). The van der Waals surface area contributed by atoms with Crippen LogP contribution in [0.25, 0.3) is 0 Å². The summed E-state index contributed by atoms with van der Waals surface area (Å²) in [5, 5.41) is 2.95. The predicted molar refractivity (Wildman–Crippen MR) is 76.2 cm³/mol. The van der Waals surface area contributed by atoms with Crippen molar-refractivity contribution in [3.8, 4) is 0 Å². The van der Waals surface area contributed by atoms with Gasteiger partial charge in [-0.1, -0.05) is 12.2 Å². The van der Waals surface area contributed by atoms with Crippen molar-refractivity contribution in [3.05, 3.63) is 29.3 Å². The van der Waals surface area contributed by atoms with Gasteiger partial charge in [0, 0.05) is 16.9 Å². The molecule has 0 atom stereocenters. The Kier molecular flexibility index (Phi) is 3.77. The fraction of sp³-hybridized carbons (Fsp3) is 0.417. The van der Waals surface area contributed by atoms with E-state index in [2.05, 4.69) is 17.5 Å². The summed E-state index contributed by atoms with van der Waals surface area (Å²) in [6.07, 6.45) is 4.24. The zero-order chi connectivity index (χ0) is 13.3. The van der Waals surface area contributed by atoms with E-state index in [1.54, 1.807) is 11.8 Å². The van der Waals surface area contributed by atoms with Gasteiger partial charge in [0.2, 0.25) is 0 Å². The highest BCUT2D eigenvalue weighted by molar-refractivity contribution is 8.00. The second-order valence-corrected chi connectivity index (χ2v) is 6.11. The number of anilines is 1. The van der Waals surface area contributed by atoms with Crippen molar-refractivity contribution >= 4 is 34.7 Å². The fourth-order valence-corrected chi connectivity index (χ4v) is 2.61. The maximum Gasteiger partial charge on any atom is 0.182 e. The molecule has 0 unspecified atom stereocenters. The first-order valence-corrected chi connectivity index (χ1v) is 7.19. The number of hydrogen-bond acceptors (Lipinski definition) is 3. The lowest BCUT2D eigenvalue weighted by atomic mass is 10.1. The van der Waals surface area contributed by atoms with E-state index in [0.717, 1.165) is 12.8 Å². The molecule has 0 aromatic heterocycles. The first kappa shape index (κ1) is 13.5. The molecule has 1 aromatic carbocycles. The molecular formula is C12H14F2N2S2. The smallest absolute Gasteiger partial charge is 0.182 e. The Labute approximate surface area is 114 Å². The molecule has 1 aliphatic rings. The van der Waals surface area contributed by atoms with Gasteiger partial charge in [-0.3, -0.25) is 0 Å². The van der Waals surface area contributed by atoms with Gasteiger partial charge in [-0.2, -0.15) is 11.8 Å². The number of nitrogens with one attached hydrogen (secondary N) is 1. The summed E-state index contributed by atoms with van der Waals surface area (Å²) >= 11 is 6.41. The van der Waals surface area contributed by atoms with Gasteiger partial charge < -0.3 is 11.1 Å². The van der Waals surface area contributed by atoms with Crippen LogP contribution in [0.4, 0.5) is 14.5 Å². The third kappa shape index (κ3) is 2.59. The van der Waals surface area contributed by atoms with E-state index < -0.39 is 11.6 Å². The van der Waals surface area contributed by atoms with Crippen LogP contribution in [0.3, 0.4) is 0 Å². The zero-order valence-electron chi connectivity index (χ0n) is 9.93. The maximum absolute atomic E-state index is 13.8. The van der Waals surface area contributed by atoms with Gasteiger partial charge in [0.15, 0.2) is 11.6 Å². The van der Waals surface area contributed by atoms with Gasteiger partial charge in [-0.25, -0.2) is 8.78 Å². The molecule has 6 heteroatoms. The molecule has 0 heterocycles. The summed E-state index contributed by atoms with van der Waals surface area (Å²) in [5.74, 6) is -1.90. The molecule has 0 spiro atoms. The summed E-state index contributed by atoms with van der Waals surface area (Å²) in [7, 11) is 0.